The average molecular weight is 243 g/mol. The largest absolute Gasteiger partial charge is 0.481 e. The van der Waals surface area contributed by atoms with Crippen LogP contribution in [-0.2, 0) is 4.79 Å². The summed E-state index contributed by atoms with van der Waals surface area (Å²) in [6.45, 7) is -0.970. The number of alkyl halides is 4. The van der Waals surface area contributed by atoms with Crippen LogP contribution in [-0.4, -0.2) is 48.5 Å². The molecule has 0 aromatic rings. The minimum absolute atomic E-state index is 0.0474. The van der Waals surface area contributed by atoms with Crippen LogP contribution in [0.2, 0.25) is 0 Å². The second-order valence-electron chi connectivity index (χ2n) is 3.95. The van der Waals surface area contributed by atoms with E-state index in [1.54, 1.807) is 0 Å². The molecule has 0 spiro atoms. The van der Waals surface area contributed by atoms with Crippen molar-refractivity contribution in [3.63, 3.8) is 0 Å². The van der Waals surface area contributed by atoms with E-state index in [9.17, 15) is 22.4 Å². The van der Waals surface area contributed by atoms with E-state index in [4.69, 9.17) is 5.11 Å². The number of carboxylic acid groups (broad SMARTS) is 1. The second-order valence-corrected chi connectivity index (χ2v) is 3.95. The van der Waals surface area contributed by atoms with Crippen LogP contribution in [0.15, 0.2) is 0 Å². The van der Waals surface area contributed by atoms with Crippen LogP contribution in [0.3, 0.4) is 0 Å². The summed E-state index contributed by atoms with van der Waals surface area (Å²) in [6, 6.07) is 0. The molecule has 16 heavy (non-hydrogen) atoms. The fourth-order valence-electron chi connectivity index (χ4n) is 1.89. The summed E-state index contributed by atoms with van der Waals surface area (Å²) in [5.74, 6) is -1.84. The summed E-state index contributed by atoms with van der Waals surface area (Å²) in [6.07, 6.45) is -5.09. The Kier molecular flexibility index (Phi) is 3.77. The van der Waals surface area contributed by atoms with E-state index in [0.717, 1.165) is 0 Å². The average Bonchev–Trinajstić information content (AvgIpc) is 2.58. The van der Waals surface area contributed by atoms with Gasteiger partial charge in [-0.2, -0.15) is 13.2 Å². The Morgan fingerprint density at radius 2 is 2.06 bits per heavy atom. The molecule has 1 heterocycles. The highest BCUT2D eigenvalue weighted by molar-refractivity contribution is 5.76. The monoisotopic (exact) mass is 243 g/mol. The maximum absolute atomic E-state index is 12.7. The normalized spacial score (nSPS) is 27.2. The second kappa shape index (κ2) is 4.57. The van der Waals surface area contributed by atoms with Gasteiger partial charge in [0.15, 0.2) is 5.41 Å². The Labute approximate surface area is 90.0 Å². The lowest BCUT2D eigenvalue weighted by Gasteiger charge is -2.27. The number of aliphatic carboxylic acids is 1. The molecule has 0 amide bonds. The van der Waals surface area contributed by atoms with Gasteiger partial charge in [0.05, 0.1) is 6.67 Å². The standard InChI is InChI=1S/C9H13F4NO2/c10-3-1-4-14-5-2-8(6-14,7(15)16)9(11,12)13/h1-6H2,(H,15,16). The number of carbonyl (C=O) groups is 1. The van der Waals surface area contributed by atoms with Gasteiger partial charge in [-0.25, -0.2) is 0 Å². The molecule has 1 rings (SSSR count). The van der Waals surface area contributed by atoms with E-state index in [-0.39, 0.29) is 19.5 Å². The minimum atomic E-state index is -4.76. The summed E-state index contributed by atoms with van der Waals surface area (Å²) in [7, 11) is 0. The van der Waals surface area contributed by atoms with Crippen molar-refractivity contribution in [1.82, 2.24) is 4.90 Å². The van der Waals surface area contributed by atoms with Gasteiger partial charge in [0.2, 0.25) is 0 Å². The number of hydrogen-bond acceptors (Lipinski definition) is 2. The fraction of sp³-hybridized carbons (Fsp3) is 0.889. The quantitative estimate of drug-likeness (QED) is 0.764. The molecule has 1 aliphatic heterocycles. The van der Waals surface area contributed by atoms with Crippen molar-refractivity contribution < 1.29 is 27.5 Å². The maximum Gasteiger partial charge on any atom is 0.406 e. The van der Waals surface area contributed by atoms with Gasteiger partial charge in [-0.3, -0.25) is 9.18 Å². The van der Waals surface area contributed by atoms with Gasteiger partial charge < -0.3 is 10.0 Å². The van der Waals surface area contributed by atoms with Crippen LogP contribution in [0, 0.1) is 5.41 Å². The molecule has 0 aromatic heterocycles. The van der Waals surface area contributed by atoms with Crippen LogP contribution >= 0.6 is 0 Å². The third-order valence-corrected chi connectivity index (χ3v) is 2.91. The molecule has 1 N–H and O–H groups in total. The summed E-state index contributed by atoms with van der Waals surface area (Å²) in [5, 5.41) is 8.72. The van der Waals surface area contributed by atoms with E-state index in [2.05, 4.69) is 0 Å². The molecule has 94 valence electrons. The van der Waals surface area contributed by atoms with E-state index in [1.165, 1.54) is 4.90 Å². The topological polar surface area (TPSA) is 40.5 Å². The molecule has 3 nitrogen and oxygen atoms in total. The van der Waals surface area contributed by atoms with Crippen LogP contribution in [0.1, 0.15) is 12.8 Å². The van der Waals surface area contributed by atoms with E-state index in [1.807, 2.05) is 0 Å². The molecule has 0 aromatic carbocycles. The Morgan fingerprint density at radius 1 is 1.44 bits per heavy atom. The van der Waals surface area contributed by atoms with Gasteiger partial charge >= 0.3 is 12.1 Å². The predicted octanol–water partition coefficient (Wildman–Crippen LogP) is 1.69. The van der Waals surface area contributed by atoms with Crippen molar-refractivity contribution in [1.29, 1.82) is 0 Å². The minimum Gasteiger partial charge on any atom is -0.481 e. The SMILES string of the molecule is O=C(O)C1(C(F)(F)F)CCN(CCCF)C1. The molecule has 1 aliphatic rings. The van der Waals surface area contributed by atoms with Gasteiger partial charge in [-0.15, -0.1) is 0 Å². The van der Waals surface area contributed by atoms with Crippen molar-refractivity contribution in [2.24, 2.45) is 5.41 Å². The predicted molar refractivity (Wildman–Crippen MR) is 47.8 cm³/mol. The molecule has 1 fully saturated rings. The lowest BCUT2D eigenvalue weighted by Crippen LogP contribution is -2.47. The van der Waals surface area contributed by atoms with E-state index < -0.39 is 37.2 Å². The first kappa shape index (κ1) is 13.2. The first-order chi connectivity index (χ1) is 7.33. The summed E-state index contributed by atoms with van der Waals surface area (Å²) in [5.41, 5.74) is -2.68. The summed E-state index contributed by atoms with van der Waals surface area (Å²) in [4.78, 5) is 12.1. The van der Waals surface area contributed by atoms with Crippen molar-refractivity contribution in [3.05, 3.63) is 0 Å². The van der Waals surface area contributed by atoms with Gasteiger partial charge in [-0.1, -0.05) is 0 Å². The smallest absolute Gasteiger partial charge is 0.406 e. The highest BCUT2D eigenvalue weighted by atomic mass is 19.4. The zero-order valence-corrected chi connectivity index (χ0v) is 8.56. The first-order valence-corrected chi connectivity index (χ1v) is 4.92. The third kappa shape index (κ3) is 2.28. The number of likely N-dealkylation sites (tertiary alicyclic amines) is 1. The lowest BCUT2D eigenvalue weighted by atomic mass is 9.86. The number of carboxylic acids is 1. The number of hydrogen-bond donors (Lipinski definition) is 1. The molecular formula is C9H13F4NO2. The number of nitrogens with zero attached hydrogens (tertiary/aromatic N) is 1. The molecule has 1 atom stereocenters. The number of rotatable bonds is 4. The molecule has 1 unspecified atom stereocenters. The Balaban J connectivity index is 2.74. The summed E-state index contributed by atoms with van der Waals surface area (Å²) >= 11 is 0. The van der Waals surface area contributed by atoms with Crippen LogP contribution < -0.4 is 0 Å². The van der Waals surface area contributed by atoms with Crippen molar-refractivity contribution in [2.75, 3.05) is 26.3 Å². The Hall–Kier alpha value is -0.850. The van der Waals surface area contributed by atoms with Crippen molar-refractivity contribution in [2.45, 2.75) is 19.0 Å². The van der Waals surface area contributed by atoms with E-state index in [0.29, 0.717) is 0 Å². The molecule has 0 bridgehead atoms. The molecule has 1 saturated heterocycles. The molecular weight excluding hydrogens is 230 g/mol. The third-order valence-electron chi connectivity index (χ3n) is 2.91. The van der Waals surface area contributed by atoms with Gasteiger partial charge in [0.1, 0.15) is 0 Å². The number of halogens is 4. The van der Waals surface area contributed by atoms with Gasteiger partial charge in [-0.05, 0) is 19.4 Å². The maximum atomic E-state index is 12.7. The van der Waals surface area contributed by atoms with Gasteiger partial charge in [0.25, 0.3) is 0 Å². The Morgan fingerprint density at radius 3 is 2.44 bits per heavy atom. The zero-order valence-electron chi connectivity index (χ0n) is 8.56. The Bertz CT molecular complexity index is 269. The highest BCUT2D eigenvalue weighted by Gasteiger charge is 2.63. The molecule has 0 aliphatic carbocycles. The molecule has 0 saturated carbocycles. The van der Waals surface area contributed by atoms with Crippen molar-refractivity contribution >= 4 is 5.97 Å². The molecule has 0 radical (unpaired) electrons. The molecule has 7 heteroatoms. The van der Waals surface area contributed by atoms with Crippen molar-refractivity contribution in [3.8, 4) is 0 Å². The lowest BCUT2D eigenvalue weighted by molar-refractivity contribution is -0.227. The highest BCUT2D eigenvalue weighted by Crippen LogP contribution is 2.45. The van der Waals surface area contributed by atoms with Gasteiger partial charge in [0, 0.05) is 13.1 Å². The fourth-order valence-corrected chi connectivity index (χ4v) is 1.89. The van der Waals surface area contributed by atoms with Crippen LogP contribution in [0.5, 0.6) is 0 Å². The first-order valence-electron chi connectivity index (χ1n) is 4.92. The van der Waals surface area contributed by atoms with Crippen LogP contribution in [0.25, 0.3) is 0 Å². The van der Waals surface area contributed by atoms with Crippen LogP contribution in [0.4, 0.5) is 17.6 Å². The summed E-state index contributed by atoms with van der Waals surface area (Å²) < 4.78 is 49.9. The zero-order chi connectivity index (χ0) is 12.4. The van der Waals surface area contributed by atoms with E-state index >= 15 is 0 Å².